The van der Waals surface area contributed by atoms with E-state index in [-0.39, 0.29) is 23.7 Å². The number of hydrogen-bond donors (Lipinski definition) is 2. The Balaban J connectivity index is 1.37. The van der Waals surface area contributed by atoms with Crippen molar-refractivity contribution in [1.29, 1.82) is 0 Å². The molecule has 1 fully saturated rings. The van der Waals surface area contributed by atoms with Crippen LogP contribution in [0.1, 0.15) is 15.9 Å². The number of carbonyl (C=O) groups is 1. The number of carbonyl (C=O) groups excluding carboxylic acids is 1. The summed E-state index contributed by atoms with van der Waals surface area (Å²) in [5.41, 5.74) is 9.06. The van der Waals surface area contributed by atoms with Gasteiger partial charge in [0.1, 0.15) is 5.82 Å². The lowest BCUT2D eigenvalue weighted by atomic mass is 10.0. The zero-order chi connectivity index (χ0) is 21.8. The van der Waals surface area contributed by atoms with Crippen molar-refractivity contribution in [3.63, 3.8) is 0 Å². The van der Waals surface area contributed by atoms with Gasteiger partial charge in [0.2, 0.25) is 0 Å². The number of aromatic nitrogens is 3. The third kappa shape index (κ3) is 5.30. The number of amides is 1. The predicted molar refractivity (Wildman–Crippen MR) is 120 cm³/mol. The number of anilines is 1. The molecule has 4 rings (SSSR count). The van der Waals surface area contributed by atoms with Gasteiger partial charge in [-0.25, -0.2) is 4.98 Å². The van der Waals surface area contributed by atoms with Gasteiger partial charge in [-0.1, -0.05) is 28.1 Å². The number of pyridine rings is 1. The van der Waals surface area contributed by atoms with Gasteiger partial charge in [-0.2, -0.15) is 5.10 Å². The lowest BCUT2D eigenvalue weighted by molar-refractivity contribution is 0.0724. The number of aryl methyl sites for hydroxylation is 1. The minimum atomic E-state index is -0.274. The van der Waals surface area contributed by atoms with E-state index in [1.807, 2.05) is 37.5 Å². The van der Waals surface area contributed by atoms with Crippen LogP contribution in [0.2, 0.25) is 0 Å². The summed E-state index contributed by atoms with van der Waals surface area (Å²) < 4.78 is 14.2. The van der Waals surface area contributed by atoms with E-state index in [1.54, 1.807) is 23.1 Å². The topological polar surface area (TPSA) is 104 Å². The number of ether oxygens (including phenoxy) is 2. The monoisotopic (exact) mass is 485 g/mol. The summed E-state index contributed by atoms with van der Waals surface area (Å²) in [6.45, 7) is 1.97. The molecule has 0 spiro atoms. The summed E-state index contributed by atoms with van der Waals surface area (Å²) in [5.74, 6) is -0.0219. The van der Waals surface area contributed by atoms with Crippen LogP contribution in [0.4, 0.5) is 5.82 Å². The first-order valence-electron chi connectivity index (χ1n) is 9.95. The first kappa shape index (κ1) is 21.5. The smallest absolute Gasteiger partial charge is 0.255 e. The highest BCUT2D eigenvalue weighted by atomic mass is 79.9. The molecule has 0 saturated carbocycles. The summed E-state index contributed by atoms with van der Waals surface area (Å²) in [5, 5.41) is 7.20. The van der Waals surface area contributed by atoms with E-state index in [2.05, 4.69) is 31.3 Å². The van der Waals surface area contributed by atoms with E-state index in [0.29, 0.717) is 32.0 Å². The highest BCUT2D eigenvalue weighted by Crippen LogP contribution is 2.22. The summed E-state index contributed by atoms with van der Waals surface area (Å²) in [6.07, 6.45) is 5.22. The predicted octanol–water partition coefficient (Wildman–Crippen LogP) is 2.79. The number of halogens is 1. The minimum Gasteiger partial charge on any atom is -0.383 e. The normalized spacial score (nSPS) is 18.3. The first-order chi connectivity index (χ1) is 15.0. The molecule has 2 aromatic heterocycles. The minimum absolute atomic E-state index is 0.0649. The summed E-state index contributed by atoms with van der Waals surface area (Å²) >= 11 is 3.43. The zero-order valence-corrected chi connectivity index (χ0v) is 18.7. The van der Waals surface area contributed by atoms with Crippen LogP contribution in [0, 0.1) is 5.92 Å². The second-order valence-electron chi connectivity index (χ2n) is 7.58. The number of rotatable bonds is 7. The van der Waals surface area contributed by atoms with E-state index in [4.69, 9.17) is 15.2 Å². The van der Waals surface area contributed by atoms with Gasteiger partial charge < -0.3 is 20.5 Å². The standard InChI is InChI=1S/C22H24BrN5O3/c1-28-9-16(8-26-28)15-6-19(21(24)25-7-15)22(29)27-20-13-31-12-17(20)11-30-10-14-2-4-18(23)5-3-14/h2-9,17,20H,10-13H2,1H3,(H2,24,25)(H,27,29)/t17-,20-/m0/s1. The van der Waals surface area contributed by atoms with E-state index in [0.717, 1.165) is 21.2 Å². The van der Waals surface area contributed by atoms with Crippen molar-refractivity contribution in [1.82, 2.24) is 20.1 Å². The maximum atomic E-state index is 12.9. The number of nitrogens with one attached hydrogen (secondary N) is 1. The fourth-order valence-electron chi connectivity index (χ4n) is 3.46. The Morgan fingerprint density at radius 3 is 2.84 bits per heavy atom. The van der Waals surface area contributed by atoms with Gasteiger partial charge in [-0.3, -0.25) is 9.48 Å². The maximum absolute atomic E-state index is 12.9. The highest BCUT2D eigenvalue weighted by Gasteiger charge is 2.30. The van der Waals surface area contributed by atoms with E-state index < -0.39 is 0 Å². The number of nitrogens with two attached hydrogens (primary N) is 1. The van der Waals surface area contributed by atoms with Gasteiger partial charge in [0.25, 0.3) is 5.91 Å². The van der Waals surface area contributed by atoms with Crippen LogP contribution < -0.4 is 11.1 Å². The lowest BCUT2D eigenvalue weighted by Crippen LogP contribution is -2.41. The van der Waals surface area contributed by atoms with Crippen molar-refractivity contribution in [2.24, 2.45) is 13.0 Å². The molecule has 31 heavy (non-hydrogen) atoms. The number of nitrogen functional groups attached to an aromatic ring is 1. The van der Waals surface area contributed by atoms with Crippen molar-refractivity contribution >= 4 is 27.7 Å². The number of benzene rings is 1. The Hall–Kier alpha value is -2.75. The zero-order valence-electron chi connectivity index (χ0n) is 17.1. The fourth-order valence-corrected chi connectivity index (χ4v) is 3.73. The summed E-state index contributed by atoms with van der Waals surface area (Å²) in [7, 11) is 1.83. The van der Waals surface area contributed by atoms with Gasteiger partial charge in [0.05, 0.1) is 44.2 Å². The molecule has 9 heteroatoms. The summed E-state index contributed by atoms with van der Waals surface area (Å²) in [6, 6.07) is 9.58. The molecule has 1 saturated heterocycles. The van der Waals surface area contributed by atoms with Gasteiger partial charge in [-0.05, 0) is 23.8 Å². The number of hydrogen-bond acceptors (Lipinski definition) is 6. The fraction of sp³-hybridized carbons (Fsp3) is 0.318. The SMILES string of the molecule is Cn1cc(-c2cnc(N)c(C(=O)N[C@H]3COC[C@@H]3COCc3ccc(Br)cc3)c2)cn1. The van der Waals surface area contributed by atoms with Crippen molar-refractivity contribution in [2.45, 2.75) is 12.6 Å². The molecule has 3 N–H and O–H groups in total. The third-order valence-corrected chi connectivity index (χ3v) is 5.76. The average molecular weight is 486 g/mol. The molecule has 1 aliphatic heterocycles. The molecule has 0 aliphatic carbocycles. The van der Waals surface area contributed by atoms with Crippen molar-refractivity contribution in [2.75, 3.05) is 25.6 Å². The molecule has 1 aliphatic rings. The third-order valence-electron chi connectivity index (χ3n) is 5.23. The van der Waals surface area contributed by atoms with E-state index >= 15 is 0 Å². The van der Waals surface area contributed by atoms with Crippen molar-refractivity contribution in [3.8, 4) is 11.1 Å². The molecule has 1 amide bonds. The quantitative estimate of drug-likeness (QED) is 0.533. The molecule has 162 valence electrons. The Labute approximate surface area is 188 Å². The molecular weight excluding hydrogens is 462 g/mol. The molecule has 2 atom stereocenters. The Morgan fingerprint density at radius 2 is 2.10 bits per heavy atom. The maximum Gasteiger partial charge on any atom is 0.255 e. The van der Waals surface area contributed by atoms with Crippen molar-refractivity contribution < 1.29 is 14.3 Å². The van der Waals surface area contributed by atoms with Gasteiger partial charge in [0, 0.05) is 41.0 Å². The molecular formula is C22H24BrN5O3. The molecule has 0 bridgehead atoms. The second-order valence-corrected chi connectivity index (χ2v) is 8.49. The Bertz CT molecular complexity index is 1050. The lowest BCUT2D eigenvalue weighted by Gasteiger charge is -2.19. The van der Waals surface area contributed by atoms with Crippen LogP contribution in [-0.2, 0) is 23.1 Å². The van der Waals surface area contributed by atoms with Crippen LogP contribution in [0.25, 0.3) is 11.1 Å². The number of nitrogens with zero attached hydrogens (tertiary/aromatic N) is 3. The molecule has 0 radical (unpaired) electrons. The average Bonchev–Trinajstić information content (AvgIpc) is 3.39. The van der Waals surface area contributed by atoms with Gasteiger partial charge >= 0.3 is 0 Å². The van der Waals surface area contributed by atoms with Crippen LogP contribution in [0.3, 0.4) is 0 Å². The molecule has 3 heterocycles. The largest absolute Gasteiger partial charge is 0.383 e. The first-order valence-corrected chi connectivity index (χ1v) is 10.7. The van der Waals surface area contributed by atoms with Crippen LogP contribution in [-0.4, -0.2) is 46.5 Å². The molecule has 8 nitrogen and oxygen atoms in total. The van der Waals surface area contributed by atoms with Gasteiger partial charge in [0.15, 0.2) is 0 Å². The molecule has 3 aromatic rings. The Kier molecular flexibility index (Phi) is 6.64. The Morgan fingerprint density at radius 1 is 1.29 bits per heavy atom. The van der Waals surface area contributed by atoms with E-state index in [9.17, 15) is 4.79 Å². The molecule has 0 unspecified atom stereocenters. The highest BCUT2D eigenvalue weighted by molar-refractivity contribution is 9.10. The molecule has 1 aromatic carbocycles. The summed E-state index contributed by atoms with van der Waals surface area (Å²) in [4.78, 5) is 17.1. The van der Waals surface area contributed by atoms with E-state index in [1.165, 1.54) is 0 Å². The second kappa shape index (κ2) is 9.59. The van der Waals surface area contributed by atoms with Crippen LogP contribution in [0.5, 0.6) is 0 Å². The van der Waals surface area contributed by atoms with Crippen molar-refractivity contribution in [3.05, 3.63) is 64.5 Å². The van der Waals surface area contributed by atoms with Crippen LogP contribution in [0.15, 0.2) is 53.4 Å². The van der Waals surface area contributed by atoms with Crippen LogP contribution >= 0.6 is 15.9 Å². The van der Waals surface area contributed by atoms with Gasteiger partial charge in [-0.15, -0.1) is 0 Å².